The number of hydrogen-bond acceptors (Lipinski definition) is 6. The monoisotopic (exact) mass is 434 g/mol. The number of carbonyl (C=O) groups excluding carboxylic acids is 1. The van der Waals surface area contributed by atoms with Gasteiger partial charge in [0, 0.05) is 18.2 Å². The molecule has 7 nitrogen and oxygen atoms in total. The van der Waals surface area contributed by atoms with Crippen LogP contribution in [0, 0.1) is 5.92 Å². The fourth-order valence-corrected chi connectivity index (χ4v) is 4.40. The number of hydrazine groups is 1. The van der Waals surface area contributed by atoms with Gasteiger partial charge in [-0.15, -0.1) is 0 Å². The number of ether oxygens (including phenoxy) is 2. The van der Waals surface area contributed by atoms with E-state index in [1.54, 1.807) is 24.3 Å². The molecule has 0 spiro atoms. The summed E-state index contributed by atoms with van der Waals surface area (Å²) >= 11 is 0. The summed E-state index contributed by atoms with van der Waals surface area (Å²) in [6.45, 7) is -0.0497. The number of benzene rings is 2. The molecule has 10 heteroatoms. The number of anilines is 1. The number of nitrogens with zero attached hydrogens (tertiary/aromatic N) is 1. The molecule has 0 radical (unpaired) electrons. The summed E-state index contributed by atoms with van der Waals surface area (Å²) < 4.78 is 51.3. The van der Waals surface area contributed by atoms with Crippen molar-refractivity contribution >= 4 is 11.6 Å². The van der Waals surface area contributed by atoms with Crippen LogP contribution < -0.4 is 25.6 Å². The number of para-hydroxylation sites is 1. The van der Waals surface area contributed by atoms with Crippen LogP contribution in [-0.4, -0.2) is 49.5 Å². The lowest BCUT2D eigenvalue weighted by Crippen LogP contribution is -2.56. The van der Waals surface area contributed by atoms with E-state index in [0.29, 0.717) is 36.9 Å². The molecule has 3 aliphatic rings. The molecule has 3 N–H and O–H groups in total. The number of carbonyl (C=O) groups is 1. The Morgan fingerprint density at radius 3 is 2.65 bits per heavy atom. The Morgan fingerprint density at radius 1 is 1.06 bits per heavy atom. The molecule has 3 aliphatic heterocycles. The Balaban J connectivity index is 1.49. The van der Waals surface area contributed by atoms with Crippen LogP contribution in [-0.2, 0) is 0 Å². The molecule has 1 amide bonds. The Labute approximate surface area is 176 Å². The van der Waals surface area contributed by atoms with Gasteiger partial charge in [0.25, 0.3) is 5.91 Å². The molecule has 2 aromatic rings. The molecule has 164 valence electrons. The molecule has 0 aromatic heterocycles. The third-order valence-corrected chi connectivity index (χ3v) is 5.76. The lowest BCUT2D eigenvalue weighted by molar-refractivity contribution is -0.145. The van der Waals surface area contributed by atoms with Crippen LogP contribution in [0.3, 0.4) is 0 Å². The minimum absolute atomic E-state index is 0.234. The van der Waals surface area contributed by atoms with E-state index in [9.17, 15) is 18.0 Å². The smallest absolute Gasteiger partial charge is 0.406 e. The van der Waals surface area contributed by atoms with Gasteiger partial charge < -0.3 is 19.7 Å². The molecule has 1 saturated heterocycles. The Kier molecular flexibility index (Phi) is 4.90. The van der Waals surface area contributed by atoms with Crippen molar-refractivity contribution in [3.63, 3.8) is 0 Å². The number of rotatable bonds is 3. The Hall–Kier alpha value is -2.98. The first-order valence-corrected chi connectivity index (χ1v) is 10.0. The highest BCUT2D eigenvalue weighted by molar-refractivity contribution is 6.01. The van der Waals surface area contributed by atoms with Gasteiger partial charge in [0.05, 0.1) is 11.6 Å². The molecule has 0 bridgehead atoms. The van der Waals surface area contributed by atoms with Gasteiger partial charge in [0.1, 0.15) is 25.9 Å². The maximum absolute atomic E-state index is 13.4. The van der Waals surface area contributed by atoms with Gasteiger partial charge in [-0.05, 0) is 29.8 Å². The van der Waals surface area contributed by atoms with Gasteiger partial charge in [-0.2, -0.15) is 13.2 Å². The zero-order valence-corrected chi connectivity index (χ0v) is 16.4. The van der Waals surface area contributed by atoms with E-state index in [0.717, 1.165) is 10.5 Å². The van der Waals surface area contributed by atoms with Gasteiger partial charge in [0.2, 0.25) is 0 Å². The van der Waals surface area contributed by atoms with Crippen LogP contribution in [0.1, 0.15) is 22.0 Å². The first kappa shape index (κ1) is 20.0. The summed E-state index contributed by atoms with van der Waals surface area (Å²) in [6.07, 6.45) is -5.38. The molecule has 0 aliphatic carbocycles. The second kappa shape index (κ2) is 7.61. The van der Waals surface area contributed by atoms with E-state index in [4.69, 9.17) is 9.47 Å². The highest BCUT2D eigenvalue weighted by Crippen LogP contribution is 2.39. The Bertz CT molecular complexity index is 1000. The van der Waals surface area contributed by atoms with Gasteiger partial charge >= 0.3 is 6.18 Å². The summed E-state index contributed by atoms with van der Waals surface area (Å²) in [6, 6.07) is 11.8. The van der Waals surface area contributed by atoms with Crippen molar-refractivity contribution in [2.24, 2.45) is 5.92 Å². The van der Waals surface area contributed by atoms with Crippen LogP contribution in [0.5, 0.6) is 11.5 Å². The molecule has 3 unspecified atom stereocenters. The van der Waals surface area contributed by atoms with E-state index >= 15 is 0 Å². The van der Waals surface area contributed by atoms with E-state index < -0.39 is 24.8 Å². The van der Waals surface area contributed by atoms with E-state index in [2.05, 4.69) is 16.2 Å². The molecule has 0 saturated carbocycles. The molecule has 2 aromatic carbocycles. The second-order valence-electron chi connectivity index (χ2n) is 7.75. The average molecular weight is 434 g/mol. The summed E-state index contributed by atoms with van der Waals surface area (Å²) in [5, 5.41) is 3.17. The topological polar surface area (TPSA) is 74.9 Å². The van der Waals surface area contributed by atoms with Crippen molar-refractivity contribution in [1.29, 1.82) is 0 Å². The van der Waals surface area contributed by atoms with Crippen molar-refractivity contribution in [2.45, 2.75) is 18.4 Å². The maximum atomic E-state index is 13.4. The average Bonchev–Trinajstić information content (AvgIpc) is 3.24. The minimum atomic E-state index is -4.52. The first-order chi connectivity index (χ1) is 14.9. The molecule has 5 rings (SSSR count). The summed E-state index contributed by atoms with van der Waals surface area (Å²) in [4.78, 5) is 13.9. The fourth-order valence-electron chi connectivity index (χ4n) is 4.40. The second-order valence-corrected chi connectivity index (χ2v) is 7.75. The summed E-state index contributed by atoms with van der Waals surface area (Å²) in [5.41, 5.74) is 7.78. The zero-order valence-electron chi connectivity index (χ0n) is 16.4. The van der Waals surface area contributed by atoms with E-state index in [1.807, 2.05) is 12.1 Å². The van der Waals surface area contributed by atoms with Crippen LogP contribution in [0.15, 0.2) is 42.5 Å². The summed E-state index contributed by atoms with van der Waals surface area (Å²) in [5.74, 6) is 0.226. The molecule has 3 atom stereocenters. The summed E-state index contributed by atoms with van der Waals surface area (Å²) in [7, 11) is 0. The van der Waals surface area contributed by atoms with Gasteiger partial charge in [-0.3, -0.25) is 10.2 Å². The van der Waals surface area contributed by atoms with Crippen molar-refractivity contribution in [3.05, 3.63) is 53.6 Å². The van der Waals surface area contributed by atoms with Gasteiger partial charge in [0.15, 0.2) is 11.5 Å². The number of hydrogen-bond donors (Lipinski definition) is 3. The van der Waals surface area contributed by atoms with Crippen LogP contribution in [0.25, 0.3) is 0 Å². The predicted molar refractivity (Wildman–Crippen MR) is 106 cm³/mol. The SMILES string of the molecule is O=C1c2ccccc2NC(C2CNNC2c2ccc3c(c2)OCCO3)N1CC(F)(F)F. The van der Waals surface area contributed by atoms with Crippen molar-refractivity contribution in [2.75, 3.05) is 31.6 Å². The number of alkyl halides is 3. The van der Waals surface area contributed by atoms with Crippen LogP contribution in [0.2, 0.25) is 0 Å². The van der Waals surface area contributed by atoms with E-state index in [-0.39, 0.29) is 17.5 Å². The Morgan fingerprint density at radius 2 is 1.84 bits per heavy atom. The van der Waals surface area contributed by atoms with Crippen molar-refractivity contribution in [1.82, 2.24) is 15.8 Å². The molecular formula is C21H21F3N4O3. The highest BCUT2D eigenvalue weighted by Gasteiger charge is 2.46. The lowest BCUT2D eigenvalue weighted by Gasteiger charge is -2.42. The van der Waals surface area contributed by atoms with E-state index in [1.165, 1.54) is 6.07 Å². The molecular weight excluding hydrogens is 413 g/mol. The van der Waals surface area contributed by atoms with Crippen molar-refractivity contribution < 1.29 is 27.4 Å². The standard InChI is InChI=1S/C21H21F3N4O3/c22-21(23,24)11-28-19(26-15-4-2-1-3-13(15)20(28)29)14-10-25-27-18(14)12-5-6-16-17(9-12)31-8-7-30-16/h1-6,9,14,18-19,25-27H,7-8,10-11H2. The van der Waals surface area contributed by atoms with Crippen LogP contribution >= 0.6 is 0 Å². The quantitative estimate of drug-likeness (QED) is 0.690. The number of nitrogens with one attached hydrogen (secondary N) is 3. The lowest BCUT2D eigenvalue weighted by atomic mass is 9.89. The highest BCUT2D eigenvalue weighted by atomic mass is 19.4. The number of amides is 1. The van der Waals surface area contributed by atoms with Gasteiger partial charge in [-0.1, -0.05) is 18.2 Å². The number of halogens is 3. The normalized spacial score (nSPS) is 25.2. The predicted octanol–water partition coefficient (Wildman–Crippen LogP) is 2.68. The maximum Gasteiger partial charge on any atom is 0.406 e. The van der Waals surface area contributed by atoms with Gasteiger partial charge in [-0.25, -0.2) is 5.43 Å². The first-order valence-electron chi connectivity index (χ1n) is 10.0. The minimum Gasteiger partial charge on any atom is -0.486 e. The zero-order chi connectivity index (χ0) is 21.6. The molecule has 3 heterocycles. The molecule has 31 heavy (non-hydrogen) atoms. The van der Waals surface area contributed by atoms with Crippen molar-refractivity contribution in [3.8, 4) is 11.5 Å². The third kappa shape index (κ3) is 3.77. The number of fused-ring (bicyclic) bond motifs is 2. The third-order valence-electron chi connectivity index (χ3n) is 5.76. The van der Waals surface area contributed by atoms with Crippen LogP contribution in [0.4, 0.5) is 18.9 Å². The fraction of sp³-hybridized carbons (Fsp3) is 0.381. The largest absolute Gasteiger partial charge is 0.486 e. The molecule has 1 fully saturated rings.